The van der Waals surface area contributed by atoms with Crippen LogP contribution in [0.1, 0.15) is 10.4 Å². The molecule has 0 N–H and O–H groups in total. The number of fused-ring (bicyclic) bond motifs is 1. The fraction of sp³-hybridized carbons (Fsp3) is 0.125. The first-order valence-electron chi connectivity index (χ1n) is 3.13. The number of hydrogen-bond acceptors (Lipinski definition) is 2. The highest BCUT2D eigenvalue weighted by Crippen LogP contribution is 2.22. The van der Waals surface area contributed by atoms with Gasteiger partial charge in [0.2, 0.25) is 0 Å². The van der Waals surface area contributed by atoms with Crippen LogP contribution in [-0.2, 0) is 11.2 Å². The van der Waals surface area contributed by atoms with Crippen LogP contribution in [0.2, 0.25) is 0 Å². The molecule has 0 atom stereocenters. The van der Waals surface area contributed by atoms with Crippen molar-refractivity contribution >= 4 is 23.2 Å². The number of allylic oxidation sites excluding steroid dienone is 1. The van der Waals surface area contributed by atoms with E-state index in [1.807, 2.05) is 17.5 Å². The smallest absolute Gasteiger partial charge is 0.160 e. The fourth-order valence-electron chi connectivity index (χ4n) is 1.05. The van der Waals surface area contributed by atoms with Crippen molar-refractivity contribution in [2.24, 2.45) is 0 Å². The third kappa shape index (κ3) is 0.809. The van der Waals surface area contributed by atoms with E-state index in [1.165, 1.54) is 10.4 Å². The molecule has 10 heavy (non-hydrogen) atoms. The van der Waals surface area contributed by atoms with E-state index in [9.17, 15) is 4.79 Å². The monoisotopic (exact) mass is 150 g/mol. The topological polar surface area (TPSA) is 17.1 Å². The molecule has 0 saturated heterocycles. The summed E-state index contributed by atoms with van der Waals surface area (Å²) < 4.78 is 0. The molecule has 1 aliphatic rings. The molecule has 0 amide bonds. The molecule has 2 heteroatoms. The zero-order valence-corrected chi connectivity index (χ0v) is 6.15. The highest BCUT2D eigenvalue weighted by molar-refractivity contribution is 7.11. The summed E-state index contributed by atoms with van der Waals surface area (Å²) in [5.41, 5.74) is 1.18. The molecule has 0 bridgehead atoms. The van der Waals surface area contributed by atoms with Crippen molar-refractivity contribution in [3.8, 4) is 0 Å². The Kier molecular flexibility index (Phi) is 1.21. The van der Waals surface area contributed by atoms with Gasteiger partial charge >= 0.3 is 0 Å². The lowest BCUT2D eigenvalue weighted by Gasteiger charge is -2.00. The summed E-state index contributed by atoms with van der Waals surface area (Å²) in [4.78, 5) is 12.1. The molecule has 50 valence electrons. The maximum absolute atomic E-state index is 10.8. The van der Waals surface area contributed by atoms with E-state index in [2.05, 4.69) is 0 Å². The maximum atomic E-state index is 10.8. The molecule has 1 aliphatic carbocycles. The first-order chi connectivity index (χ1) is 4.86. The Balaban J connectivity index is 2.52. The van der Waals surface area contributed by atoms with Crippen LogP contribution in [0.25, 0.3) is 6.08 Å². The highest BCUT2D eigenvalue weighted by atomic mass is 32.1. The van der Waals surface area contributed by atoms with E-state index >= 15 is 0 Å². The van der Waals surface area contributed by atoms with Crippen molar-refractivity contribution in [2.75, 3.05) is 0 Å². The predicted octanol–water partition coefficient (Wildman–Crippen LogP) is 1.89. The Bertz CT molecular complexity index is 296. The van der Waals surface area contributed by atoms with Gasteiger partial charge in [-0.25, -0.2) is 0 Å². The molecule has 0 spiro atoms. The van der Waals surface area contributed by atoms with E-state index in [-0.39, 0.29) is 5.78 Å². The summed E-state index contributed by atoms with van der Waals surface area (Å²) >= 11 is 1.69. The predicted molar refractivity (Wildman–Crippen MR) is 42.1 cm³/mol. The summed E-state index contributed by atoms with van der Waals surface area (Å²) in [6.45, 7) is 0. The van der Waals surface area contributed by atoms with Gasteiger partial charge in [-0.2, -0.15) is 0 Å². The lowest BCUT2D eigenvalue weighted by Crippen LogP contribution is -2.01. The van der Waals surface area contributed by atoms with Crippen LogP contribution < -0.4 is 0 Å². The van der Waals surface area contributed by atoms with Crippen LogP contribution in [0.4, 0.5) is 0 Å². The molecule has 2 rings (SSSR count). The van der Waals surface area contributed by atoms with Crippen LogP contribution in [0.5, 0.6) is 0 Å². The third-order valence-corrected chi connectivity index (χ3v) is 2.49. The zero-order valence-electron chi connectivity index (χ0n) is 5.33. The molecule has 0 aromatic carbocycles. The van der Waals surface area contributed by atoms with Crippen LogP contribution in [0.3, 0.4) is 0 Å². The Labute approximate surface area is 63.0 Å². The lowest BCUT2D eigenvalue weighted by atomic mass is 10.1. The molecule has 0 fully saturated rings. The van der Waals surface area contributed by atoms with Crippen LogP contribution in [-0.4, -0.2) is 5.78 Å². The molecule has 0 aliphatic heterocycles. The van der Waals surface area contributed by atoms with Gasteiger partial charge in [0, 0.05) is 11.3 Å². The minimum absolute atomic E-state index is 0.214. The SMILES string of the molecule is O=C1C=Cc2sccc2C1. The largest absolute Gasteiger partial charge is 0.294 e. The molecule has 0 saturated carbocycles. The molecule has 1 aromatic heterocycles. The number of thiophene rings is 1. The van der Waals surface area contributed by atoms with Gasteiger partial charge < -0.3 is 0 Å². The van der Waals surface area contributed by atoms with Gasteiger partial charge in [-0.15, -0.1) is 11.3 Å². The number of carbonyl (C=O) groups is 1. The maximum Gasteiger partial charge on any atom is 0.160 e. The van der Waals surface area contributed by atoms with E-state index in [1.54, 1.807) is 17.4 Å². The van der Waals surface area contributed by atoms with Crippen molar-refractivity contribution in [3.05, 3.63) is 28.0 Å². The van der Waals surface area contributed by atoms with Crippen molar-refractivity contribution in [1.82, 2.24) is 0 Å². The molecule has 0 radical (unpaired) electrons. The lowest BCUT2D eigenvalue weighted by molar-refractivity contribution is -0.114. The number of hydrogen-bond donors (Lipinski definition) is 0. The second-order valence-electron chi connectivity index (χ2n) is 2.29. The van der Waals surface area contributed by atoms with E-state index < -0.39 is 0 Å². The van der Waals surface area contributed by atoms with Crippen LogP contribution in [0.15, 0.2) is 17.5 Å². The molecule has 1 heterocycles. The van der Waals surface area contributed by atoms with Crippen molar-refractivity contribution < 1.29 is 4.79 Å². The van der Waals surface area contributed by atoms with Gasteiger partial charge in [0.1, 0.15) is 0 Å². The number of carbonyl (C=O) groups excluding carboxylic acids is 1. The molecule has 0 unspecified atom stereocenters. The number of ketones is 1. The molecule has 1 nitrogen and oxygen atoms in total. The van der Waals surface area contributed by atoms with Crippen LogP contribution in [0, 0.1) is 0 Å². The van der Waals surface area contributed by atoms with E-state index in [4.69, 9.17) is 0 Å². The van der Waals surface area contributed by atoms with Crippen LogP contribution >= 0.6 is 11.3 Å². The summed E-state index contributed by atoms with van der Waals surface area (Å²) in [6, 6.07) is 2.02. The summed E-state index contributed by atoms with van der Waals surface area (Å²) in [6.07, 6.45) is 4.14. The zero-order chi connectivity index (χ0) is 6.97. The summed E-state index contributed by atoms with van der Waals surface area (Å²) in [7, 11) is 0. The first-order valence-corrected chi connectivity index (χ1v) is 4.01. The van der Waals surface area contributed by atoms with Gasteiger partial charge in [-0.1, -0.05) is 0 Å². The standard InChI is InChI=1S/C8H6OS/c9-7-1-2-8-6(5-7)3-4-10-8/h1-4H,5H2. The van der Waals surface area contributed by atoms with Gasteiger partial charge in [0.25, 0.3) is 0 Å². The Morgan fingerprint density at radius 3 is 3.20 bits per heavy atom. The molecular formula is C8H6OS. The van der Waals surface area contributed by atoms with Gasteiger partial charge in [-0.3, -0.25) is 4.79 Å². The molecule has 1 aromatic rings. The second-order valence-corrected chi connectivity index (χ2v) is 3.23. The van der Waals surface area contributed by atoms with Gasteiger partial charge in [-0.05, 0) is 29.2 Å². The Morgan fingerprint density at radius 2 is 2.30 bits per heavy atom. The fourth-order valence-corrected chi connectivity index (χ4v) is 1.87. The normalized spacial score (nSPS) is 15.4. The van der Waals surface area contributed by atoms with E-state index in [0.29, 0.717) is 6.42 Å². The van der Waals surface area contributed by atoms with Crippen molar-refractivity contribution in [2.45, 2.75) is 6.42 Å². The minimum Gasteiger partial charge on any atom is -0.294 e. The van der Waals surface area contributed by atoms with Gasteiger partial charge in [0.15, 0.2) is 5.78 Å². The first kappa shape index (κ1) is 5.86. The Morgan fingerprint density at radius 1 is 1.40 bits per heavy atom. The van der Waals surface area contributed by atoms with Crippen molar-refractivity contribution in [1.29, 1.82) is 0 Å². The quantitative estimate of drug-likeness (QED) is 0.552. The highest BCUT2D eigenvalue weighted by Gasteiger charge is 2.09. The second kappa shape index (κ2) is 2.06. The van der Waals surface area contributed by atoms with Crippen molar-refractivity contribution in [3.63, 3.8) is 0 Å². The van der Waals surface area contributed by atoms with E-state index in [0.717, 1.165) is 0 Å². The Hall–Kier alpha value is -0.890. The number of rotatable bonds is 0. The summed E-state index contributed by atoms with van der Waals surface area (Å²) in [5, 5.41) is 2.02. The third-order valence-electron chi connectivity index (χ3n) is 1.57. The average molecular weight is 150 g/mol. The molecular weight excluding hydrogens is 144 g/mol. The van der Waals surface area contributed by atoms with Gasteiger partial charge in [0.05, 0.1) is 0 Å². The minimum atomic E-state index is 0.214. The summed E-state index contributed by atoms with van der Waals surface area (Å²) in [5.74, 6) is 0.214. The average Bonchev–Trinajstić information content (AvgIpc) is 2.33.